The molecule has 1 saturated heterocycles. The zero-order valence-corrected chi connectivity index (χ0v) is 7.27. The molecular formula is C10H14O2. The molecule has 0 aromatic heterocycles. The Morgan fingerprint density at radius 3 is 2.92 bits per heavy atom. The second-order valence-electron chi connectivity index (χ2n) is 3.77. The summed E-state index contributed by atoms with van der Waals surface area (Å²) in [6, 6.07) is 0. The standard InChI is InChI=1S/C10H14O2/c1-7-3-2-4-8(5-11)10(7)9-6-12-9/h2-3,5,7-10H,4,6H2,1H3/t7-,8+,9?,10-/m1/s1. The van der Waals surface area contributed by atoms with Gasteiger partial charge in [0, 0.05) is 11.8 Å². The van der Waals surface area contributed by atoms with E-state index in [2.05, 4.69) is 19.1 Å². The Balaban J connectivity index is 2.12. The number of hydrogen-bond acceptors (Lipinski definition) is 2. The maximum atomic E-state index is 10.8. The van der Waals surface area contributed by atoms with Gasteiger partial charge in [-0.2, -0.15) is 0 Å². The first-order valence-electron chi connectivity index (χ1n) is 4.56. The molecule has 0 spiro atoms. The minimum atomic E-state index is 0.192. The molecule has 0 aromatic carbocycles. The van der Waals surface area contributed by atoms with E-state index in [9.17, 15) is 4.79 Å². The molecule has 66 valence electrons. The average Bonchev–Trinajstić information content (AvgIpc) is 2.87. The topological polar surface area (TPSA) is 29.6 Å². The summed E-state index contributed by atoms with van der Waals surface area (Å²) in [7, 11) is 0. The van der Waals surface area contributed by atoms with Gasteiger partial charge in [-0.25, -0.2) is 0 Å². The van der Waals surface area contributed by atoms with Gasteiger partial charge in [-0.05, 0) is 12.3 Å². The van der Waals surface area contributed by atoms with Gasteiger partial charge in [-0.1, -0.05) is 19.1 Å². The molecule has 1 aliphatic carbocycles. The van der Waals surface area contributed by atoms with Crippen molar-refractivity contribution in [2.75, 3.05) is 6.61 Å². The van der Waals surface area contributed by atoms with E-state index < -0.39 is 0 Å². The van der Waals surface area contributed by atoms with Crippen molar-refractivity contribution in [3.63, 3.8) is 0 Å². The summed E-state index contributed by atoms with van der Waals surface area (Å²) in [4.78, 5) is 10.8. The third-order valence-corrected chi connectivity index (χ3v) is 2.91. The number of ether oxygens (including phenoxy) is 1. The molecule has 2 heteroatoms. The van der Waals surface area contributed by atoms with E-state index in [4.69, 9.17) is 4.74 Å². The predicted molar refractivity (Wildman–Crippen MR) is 45.7 cm³/mol. The van der Waals surface area contributed by atoms with Crippen LogP contribution in [0.4, 0.5) is 0 Å². The Bertz CT molecular complexity index is 206. The fraction of sp³-hybridized carbons (Fsp3) is 0.700. The van der Waals surface area contributed by atoms with Crippen LogP contribution in [0.3, 0.4) is 0 Å². The lowest BCUT2D eigenvalue weighted by molar-refractivity contribution is -0.113. The van der Waals surface area contributed by atoms with Crippen molar-refractivity contribution >= 4 is 6.29 Å². The number of carbonyl (C=O) groups is 1. The monoisotopic (exact) mass is 166 g/mol. The highest BCUT2D eigenvalue weighted by atomic mass is 16.6. The van der Waals surface area contributed by atoms with Crippen LogP contribution in [0.15, 0.2) is 12.2 Å². The van der Waals surface area contributed by atoms with E-state index in [0.717, 1.165) is 19.3 Å². The van der Waals surface area contributed by atoms with Crippen molar-refractivity contribution in [2.24, 2.45) is 17.8 Å². The smallest absolute Gasteiger partial charge is 0.123 e. The van der Waals surface area contributed by atoms with E-state index in [-0.39, 0.29) is 5.92 Å². The maximum Gasteiger partial charge on any atom is 0.123 e. The van der Waals surface area contributed by atoms with Crippen molar-refractivity contribution < 1.29 is 9.53 Å². The minimum absolute atomic E-state index is 0.192. The molecule has 0 N–H and O–H groups in total. The van der Waals surface area contributed by atoms with Gasteiger partial charge in [0.05, 0.1) is 12.7 Å². The first-order chi connectivity index (χ1) is 5.83. The average molecular weight is 166 g/mol. The number of aldehydes is 1. The highest BCUT2D eigenvalue weighted by Gasteiger charge is 2.41. The largest absolute Gasteiger partial charge is 0.373 e. The molecule has 2 aliphatic rings. The summed E-state index contributed by atoms with van der Waals surface area (Å²) in [6.45, 7) is 3.02. The van der Waals surface area contributed by atoms with Gasteiger partial charge in [-0.3, -0.25) is 0 Å². The van der Waals surface area contributed by atoms with Crippen LogP contribution in [-0.2, 0) is 9.53 Å². The SMILES string of the molecule is C[C@@H]1C=CC[C@@H](C=O)[C@@H]1C1CO1. The maximum absolute atomic E-state index is 10.8. The molecular weight excluding hydrogens is 152 g/mol. The summed E-state index contributed by atoms with van der Waals surface area (Å²) in [5.41, 5.74) is 0. The van der Waals surface area contributed by atoms with Gasteiger partial charge < -0.3 is 9.53 Å². The molecule has 2 rings (SSSR count). The number of carbonyl (C=O) groups excluding carboxylic acids is 1. The highest BCUT2D eigenvalue weighted by molar-refractivity contribution is 5.55. The molecule has 1 fully saturated rings. The summed E-state index contributed by atoms with van der Waals surface area (Å²) in [6.07, 6.45) is 6.67. The second-order valence-corrected chi connectivity index (χ2v) is 3.77. The third kappa shape index (κ3) is 1.31. The first-order valence-corrected chi connectivity index (χ1v) is 4.56. The molecule has 1 heterocycles. The summed E-state index contributed by atoms with van der Waals surface area (Å²) < 4.78 is 5.26. The quantitative estimate of drug-likeness (QED) is 0.352. The summed E-state index contributed by atoms with van der Waals surface area (Å²) in [5, 5.41) is 0. The number of hydrogen-bond donors (Lipinski definition) is 0. The molecule has 1 aliphatic heterocycles. The third-order valence-electron chi connectivity index (χ3n) is 2.91. The van der Waals surface area contributed by atoms with E-state index in [1.54, 1.807) is 0 Å². The molecule has 1 unspecified atom stereocenters. The lowest BCUT2D eigenvalue weighted by atomic mass is 9.75. The normalized spacial score (nSPS) is 45.8. The predicted octanol–water partition coefficient (Wildman–Crippen LogP) is 1.41. The second kappa shape index (κ2) is 3.02. The fourth-order valence-corrected chi connectivity index (χ4v) is 2.16. The van der Waals surface area contributed by atoms with Gasteiger partial charge in [0.2, 0.25) is 0 Å². The van der Waals surface area contributed by atoms with E-state index in [1.807, 2.05) is 0 Å². The Morgan fingerprint density at radius 2 is 2.33 bits per heavy atom. The van der Waals surface area contributed by atoms with Gasteiger partial charge in [0.1, 0.15) is 6.29 Å². The van der Waals surface area contributed by atoms with Crippen molar-refractivity contribution in [1.82, 2.24) is 0 Å². The van der Waals surface area contributed by atoms with Crippen LogP contribution in [0.1, 0.15) is 13.3 Å². The van der Waals surface area contributed by atoms with Crippen LogP contribution in [0.2, 0.25) is 0 Å². The van der Waals surface area contributed by atoms with E-state index >= 15 is 0 Å². The first kappa shape index (κ1) is 7.99. The number of allylic oxidation sites excluding steroid dienone is 2. The molecule has 0 radical (unpaired) electrons. The van der Waals surface area contributed by atoms with E-state index in [0.29, 0.717) is 17.9 Å². The summed E-state index contributed by atoms with van der Waals surface area (Å²) in [5.74, 6) is 1.13. The minimum Gasteiger partial charge on any atom is -0.373 e. The van der Waals surface area contributed by atoms with Crippen LogP contribution >= 0.6 is 0 Å². The van der Waals surface area contributed by atoms with Gasteiger partial charge in [0.15, 0.2) is 0 Å². The van der Waals surface area contributed by atoms with Crippen LogP contribution in [0.25, 0.3) is 0 Å². The molecule has 0 aromatic rings. The Kier molecular flexibility index (Phi) is 2.01. The fourth-order valence-electron chi connectivity index (χ4n) is 2.16. The molecule has 2 nitrogen and oxygen atoms in total. The Labute approximate surface area is 72.6 Å². The van der Waals surface area contributed by atoms with Crippen LogP contribution in [0.5, 0.6) is 0 Å². The van der Waals surface area contributed by atoms with Crippen LogP contribution in [-0.4, -0.2) is 19.0 Å². The van der Waals surface area contributed by atoms with E-state index in [1.165, 1.54) is 0 Å². The molecule has 0 saturated carbocycles. The van der Waals surface area contributed by atoms with Gasteiger partial charge >= 0.3 is 0 Å². The highest BCUT2D eigenvalue weighted by Crippen LogP contribution is 2.37. The van der Waals surface area contributed by atoms with Crippen molar-refractivity contribution in [2.45, 2.75) is 19.4 Å². The Morgan fingerprint density at radius 1 is 1.58 bits per heavy atom. The van der Waals surface area contributed by atoms with Crippen LogP contribution < -0.4 is 0 Å². The van der Waals surface area contributed by atoms with Crippen molar-refractivity contribution in [1.29, 1.82) is 0 Å². The van der Waals surface area contributed by atoms with Gasteiger partial charge in [-0.15, -0.1) is 0 Å². The molecule has 12 heavy (non-hydrogen) atoms. The lowest BCUT2D eigenvalue weighted by Gasteiger charge is -2.28. The molecule has 4 atom stereocenters. The lowest BCUT2D eigenvalue weighted by Crippen LogP contribution is -2.29. The summed E-state index contributed by atoms with van der Waals surface area (Å²) >= 11 is 0. The van der Waals surface area contributed by atoms with Gasteiger partial charge in [0.25, 0.3) is 0 Å². The molecule has 0 amide bonds. The van der Waals surface area contributed by atoms with Crippen LogP contribution in [0, 0.1) is 17.8 Å². The number of rotatable bonds is 2. The number of epoxide rings is 1. The van der Waals surface area contributed by atoms with Crippen molar-refractivity contribution in [3.05, 3.63) is 12.2 Å². The van der Waals surface area contributed by atoms with Crippen molar-refractivity contribution in [3.8, 4) is 0 Å². The molecule has 0 bridgehead atoms. The zero-order valence-electron chi connectivity index (χ0n) is 7.27. The zero-order chi connectivity index (χ0) is 8.55. The Hall–Kier alpha value is -0.630.